The van der Waals surface area contributed by atoms with Gasteiger partial charge in [0, 0.05) is 17.1 Å². The Kier molecular flexibility index (Phi) is 7.73. The molecule has 0 saturated heterocycles. The van der Waals surface area contributed by atoms with Crippen molar-refractivity contribution in [2.75, 3.05) is 6.61 Å². The molecule has 0 aliphatic carbocycles. The molecule has 0 aliphatic heterocycles. The lowest BCUT2D eigenvalue weighted by Crippen LogP contribution is -2.18. The predicted octanol–water partition coefficient (Wildman–Crippen LogP) is 3.54. The molecular formula is C11H14BrClF3NO2. The van der Waals surface area contributed by atoms with E-state index in [0.717, 1.165) is 0 Å². The molecular weight excluding hydrogens is 350 g/mol. The fourth-order valence-corrected chi connectivity index (χ4v) is 1.96. The van der Waals surface area contributed by atoms with Crippen LogP contribution >= 0.6 is 28.3 Å². The minimum Gasteiger partial charge on any atom is -0.406 e. The Balaban J connectivity index is 0.00000324. The molecule has 0 unspecified atom stereocenters. The van der Waals surface area contributed by atoms with Crippen molar-refractivity contribution < 1.29 is 23.0 Å². The van der Waals surface area contributed by atoms with Gasteiger partial charge in [0.1, 0.15) is 5.75 Å². The lowest BCUT2D eigenvalue weighted by Gasteiger charge is -2.15. The molecule has 0 bridgehead atoms. The van der Waals surface area contributed by atoms with Crippen LogP contribution in [0.1, 0.15) is 24.4 Å². The molecule has 0 heterocycles. The molecule has 1 rings (SSSR count). The zero-order valence-electron chi connectivity index (χ0n) is 9.78. The van der Waals surface area contributed by atoms with Crippen molar-refractivity contribution in [1.82, 2.24) is 0 Å². The van der Waals surface area contributed by atoms with Gasteiger partial charge in [-0.25, -0.2) is 0 Å². The molecule has 0 aliphatic rings. The summed E-state index contributed by atoms with van der Waals surface area (Å²) in [6, 6.07) is 3.66. The number of halogens is 5. The average molecular weight is 365 g/mol. The summed E-state index contributed by atoms with van der Waals surface area (Å²) in [6.07, 6.45) is -3.76. The summed E-state index contributed by atoms with van der Waals surface area (Å²) in [5.74, 6) is -0.314. The molecule has 0 fully saturated rings. The smallest absolute Gasteiger partial charge is 0.406 e. The van der Waals surface area contributed by atoms with Gasteiger partial charge < -0.3 is 15.6 Å². The van der Waals surface area contributed by atoms with Crippen molar-refractivity contribution >= 4 is 28.3 Å². The van der Waals surface area contributed by atoms with E-state index in [4.69, 9.17) is 10.8 Å². The monoisotopic (exact) mass is 363 g/mol. The molecule has 0 radical (unpaired) electrons. The van der Waals surface area contributed by atoms with Crippen molar-refractivity contribution in [3.05, 3.63) is 28.2 Å². The number of nitrogens with two attached hydrogens (primary N) is 1. The summed E-state index contributed by atoms with van der Waals surface area (Å²) in [7, 11) is 0. The molecule has 0 amide bonds. The minimum absolute atomic E-state index is 0. The second-order valence-corrected chi connectivity index (χ2v) is 4.66. The quantitative estimate of drug-likeness (QED) is 0.840. The number of benzene rings is 1. The van der Waals surface area contributed by atoms with Crippen LogP contribution in [0, 0.1) is 0 Å². The molecule has 110 valence electrons. The zero-order valence-corrected chi connectivity index (χ0v) is 12.2. The second-order valence-electron chi connectivity index (χ2n) is 3.74. The molecule has 0 spiro atoms. The Morgan fingerprint density at radius 1 is 1.32 bits per heavy atom. The lowest BCUT2D eigenvalue weighted by atomic mass is 10.0. The van der Waals surface area contributed by atoms with Gasteiger partial charge in [0.05, 0.1) is 0 Å². The van der Waals surface area contributed by atoms with Crippen molar-refractivity contribution in [2.45, 2.75) is 25.2 Å². The average Bonchev–Trinajstić information content (AvgIpc) is 2.22. The number of rotatable bonds is 5. The third kappa shape index (κ3) is 7.00. The summed E-state index contributed by atoms with van der Waals surface area (Å²) in [4.78, 5) is 0. The molecule has 1 aromatic carbocycles. The van der Waals surface area contributed by atoms with Crippen molar-refractivity contribution in [1.29, 1.82) is 0 Å². The number of hydrogen-bond donors (Lipinski definition) is 2. The van der Waals surface area contributed by atoms with Crippen LogP contribution in [-0.2, 0) is 0 Å². The number of hydrogen-bond acceptors (Lipinski definition) is 3. The van der Waals surface area contributed by atoms with E-state index in [0.29, 0.717) is 22.9 Å². The lowest BCUT2D eigenvalue weighted by molar-refractivity contribution is -0.274. The summed E-state index contributed by atoms with van der Waals surface area (Å²) in [5, 5.41) is 8.69. The van der Waals surface area contributed by atoms with Gasteiger partial charge in [0.25, 0.3) is 0 Å². The van der Waals surface area contributed by atoms with Gasteiger partial charge in [0.15, 0.2) is 0 Å². The van der Waals surface area contributed by atoms with Crippen LogP contribution in [0.25, 0.3) is 0 Å². The van der Waals surface area contributed by atoms with Crippen LogP contribution in [-0.4, -0.2) is 18.1 Å². The largest absolute Gasteiger partial charge is 0.573 e. The van der Waals surface area contributed by atoms with Gasteiger partial charge >= 0.3 is 6.36 Å². The van der Waals surface area contributed by atoms with Gasteiger partial charge in [-0.05, 0) is 36.6 Å². The van der Waals surface area contributed by atoms with Gasteiger partial charge in [0.2, 0.25) is 0 Å². The highest BCUT2D eigenvalue weighted by Gasteiger charge is 2.31. The van der Waals surface area contributed by atoms with Gasteiger partial charge in [-0.15, -0.1) is 25.6 Å². The van der Waals surface area contributed by atoms with Gasteiger partial charge in [-0.2, -0.15) is 0 Å². The summed E-state index contributed by atoms with van der Waals surface area (Å²) < 4.78 is 40.6. The SMILES string of the molecule is Cl.N[C@@H](CCCO)c1cc(Br)cc(OC(F)(F)F)c1. The van der Waals surface area contributed by atoms with Crippen LogP contribution in [0.2, 0.25) is 0 Å². The molecule has 3 nitrogen and oxygen atoms in total. The summed E-state index contributed by atoms with van der Waals surface area (Å²) in [5.41, 5.74) is 6.34. The van der Waals surface area contributed by atoms with E-state index in [1.807, 2.05) is 0 Å². The van der Waals surface area contributed by atoms with Crippen LogP contribution < -0.4 is 10.5 Å². The number of alkyl halides is 3. The Hall–Kier alpha value is -0.500. The van der Waals surface area contributed by atoms with Crippen LogP contribution in [0.4, 0.5) is 13.2 Å². The molecule has 8 heteroatoms. The maximum absolute atomic E-state index is 12.1. The van der Waals surface area contributed by atoms with E-state index in [-0.39, 0.29) is 24.8 Å². The normalized spacial score (nSPS) is 12.7. The van der Waals surface area contributed by atoms with Crippen molar-refractivity contribution in [3.8, 4) is 5.75 Å². The van der Waals surface area contributed by atoms with Gasteiger partial charge in [-0.3, -0.25) is 0 Å². The molecule has 19 heavy (non-hydrogen) atoms. The Bertz CT molecular complexity index is 404. The highest BCUT2D eigenvalue weighted by molar-refractivity contribution is 9.10. The number of aliphatic hydroxyl groups excluding tert-OH is 1. The summed E-state index contributed by atoms with van der Waals surface area (Å²) >= 11 is 3.10. The Morgan fingerprint density at radius 2 is 1.95 bits per heavy atom. The van der Waals surface area contributed by atoms with E-state index in [2.05, 4.69) is 20.7 Å². The van der Waals surface area contributed by atoms with Crippen LogP contribution in [0.3, 0.4) is 0 Å². The topological polar surface area (TPSA) is 55.5 Å². The highest BCUT2D eigenvalue weighted by Crippen LogP contribution is 2.30. The first-order valence-electron chi connectivity index (χ1n) is 5.24. The third-order valence-electron chi connectivity index (χ3n) is 2.23. The second kappa shape index (κ2) is 7.94. The van der Waals surface area contributed by atoms with Gasteiger partial charge in [-0.1, -0.05) is 15.9 Å². The highest BCUT2D eigenvalue weighted by atomic mass is 79.9. The molecule has 0 saturated carbocycles. The van der Waals surface area contributed by atoms with E-state index >= 15 is 0 Å². The predicted molar refractivity (Wildman–Crippen MR) is 71.3 cm³/mol. The van der Waals surface area contributed by atoms with E-state index in [9.17, 15) is 13.2 Å². The third-order valence-corrected chi connectivity index (χ3v) is 2.69. The van der Waals surface area contributed by atoms with Crippen LogP contribution in [0.5, 0.6) is 5.75 Å². The molecule has 1 atom stereocenters. The van der Waals surface area contributed by atoms with E-state index in [1.54, 1.807) is 6.07 Å². The molecule has 3 N–H and O–H groups in total. The summed E-state index contributed by atoms with van der Waals surface area (Å²) in [6.45, 7) is -0.00634. The van der Waals surface area contributed by atoms with E-state index in [1.165, 1.54) is 12.1 Å². The molecule has 0 aromatic heterocycles. The Morgan fingerprint density at radius 3 is 2.47 bits per heavy atom. The Labute approximate surface area is 123 Å². The number of ether oxygens (including phenoxy) is 1. The fourth-order valence-electron chi connectivity index (χ4n) is 1.47. The first kappa shape index (κ1) is 18.5. The first-order chi connectivity index (χ1) is 8.31. The standard InChI is InChI=1S/C11H13BrF3NO2.ClH/c12-8-4-7(10(16)2-1-3-17)5-9(6-8)18-11(13,14)15;/h4-6,10,17H,1-3,16H2;1H/t10-;/m0./s1. The van der Waals surface area contributed by atoms with E-state index < -0.39 is 12.4 Å². The number of aliphatic hydroxyl groups is 1. The first-order valence-corrected chi connectivity index (χ1v) is 6.04. The fraction of sp³-hybridized carbons (Fsp3) is 0.455. The minimum atomic E-state index is -4.73. The van der Waals surface area contributed by atoms with Crippen molar-refractivity contribution in [2.24, 2.45) is 5.73 Å². The van der Waals surface area contributed by atoms with Crippen molar-refractivity contribution in [3.63, 3.8) is 0 Å². The van der Waals surface area contributed by atoms with Crippen LogP contribution in [0.15, 0.2) is 22.7 Å². The zero-order chi connectivity index (χ0) is 13.8. The maximum atomic E-state index is 12.1. The molecule has 1 aromatic rings. The maximum Gasteiger partial charge on any atom is 0.573 e.